The van der Waals surface area contributed by atoms with Crippen molar-refractivity contribution in [3.63, 3.8) is 0 Å². The number of H-pyrrole nitrogens is 1. The first-order chi connectivity index (χ1) is 13.6. The molecule has 0 unspecified atom stereocenters. The van der Waals surface area contributed by atoms with E-state index < -0.39 is 0 Å². The number of benzene rings is 1. The van der Waals surface area contributed by atoms with Crippen molar-refractivity contribution in [3.8, 4) is 11.4 Å². The van der Waals surface area contributed by atoms with E-state index in [1.807, 2.05) is 18.2 Å². The molecule has 0 saturated heterocycles. The molecule has 1 saturated carbocycles. The first-order valence-electron chi connectivity index (χ1n) is 9.43. The normalized spacial score (nSPS) is 19.3. The number of aromatic nitrogens is 3. The van der Waals surface area contributed by atoms with Crippen LogP contribution in [0, 0.1) is 5.92 Å². The molecule has 1 fully saturated rings. The molecule has 2 heterocycles. The fourth-order valence-electron chi connectivity index (χ4n) is 3.68. The second kappa shape index (κ2) is 7.80. The summed E-state index contributed by atoms with van der Waals surface area (Å²) in [5.41, 5.74) is 3.25. The van der Waals surface area contributed by atoms with Crippen molar-refractivity contribution in [1.82, 2.24) is 20.3 Å². The van der Waals surface area contributed by atoms with Crippen LogP contribution in [-0.4, -0.2) is 40.0 Å². The van der Waals surface area contributed by atoms with Crippen molar-refractivity contribution < 1.29 is 14.3 Å². The molecule has 7 nitrogen and oxygen atoms in total. The quantitative estimate of drug-likeness (QED) is 0.680. The van der Waals surface area contributed by atoms with E-state index in [2.05, 4.69) is 20.3 Å². The van der Waals surface area contributed by atoms with Gasteiger partial charge in [0.15, 0.2) is 0 Å². The van der Waals surface area contributed by atoms with Crippen LogP contribution in [0.25, 0.3) is 22.4 Å². The van der Waals surface area contributed by atoms with Crippen LogP contribution in [-0.2, 0) is 9.53 Å². The molecule has 4 rings (SSSR count). The number of imidazole rings is 1. The summed E-state index contributed by atoms with van der Waals surface area (Å²) in [5, 5.41) is 3.07. The maximum Gasteiger partial charge on any atom is 0.308 e. The van der Waals surface area contributed by atoms with E-state index >= 15 is 0 Å². The molecule has 0 radical (unpaired) electrons. The lowest BCUT2D eigenvalue weighted by molar-refractivity contribution is -0.146. The summed E-state index contributed by atoms with van der Waals surface area (Å²) in [6.07, 6.45) is 6.50. The number of fused-ring (bicyclic) bond motifs is 1. The van der Waals surface area contributed by atoms with E-state index in [0.29, 0.717) is 5.56 Å². The fraction of sp³-hybridized carbons (Fsp3) is 0.333. The summed E-state index contributed by atoms with van der Waals surface area (Å²) >= 11 is 0. The standard InChI is InChI=1S/C21H22N4O3/c1-28-21(27)15-6-8-16(9-7-15)23-20(26)14-4-2-13(3-5-14)19-24-17-10-11-22-12-18(17)25-19/h2-5,10-12,15-16H,6-9H2,1H3,(H,23,26)(H,24,25)/t15-,16-. The number of amides is 1. The molecule has 2 N–H and O–H groups in total. The molecule has 1 aliphatic carbocycles. The molecule has 1 aliphatic rings. The summed E-state index contributed by atoms with van der Waals surface area (Å²) < 4.78 is 4.80. The monoisotopic (exact) mass is 378 g/mol. The smallest absolute Gasteiger partial charge is 0.308 e. The number of pyridine rings is 1. The van der Waals surface area contributed by atoms with Gasteiger partial charge in [0, 0.05) is 23.4 Å². The van der Waals surface area contributed by atoms with Crippen molar-refractivity contribution in [2.45, 2.75) is 31.7 Å². The lowest BCUT2D eigenvalue weighted by Gasteiger charge is -2.27. The van der Waals surface area contributed by atoms with E-state index in [0.717, 1.165) is 48.1 Å². The predicted octanol–water partition coefficient (Wildman–Crippen LogP) is 3.09. The third-order valence-electron chi connectivity index (χ3n) is 5.30. The van der Waals surface area contributed by atoms with Crippen LogP contribution in [0.1, 0.15) is 36.0 Å². The Morgan fingerprint density at radius 3 is 2.54 bits per heavy atom. The first kappa shape index (κ1) is 18.2. The molecular formula is C21H22N4O3. The second-order valence-corrected chi connectivity index (χ2v) is 7.10. The van der Waals surface area contributed by atoms with Gasteiger partial charge in [-0.05, 0) is 43.9 Å². The summed E-state index contributed by atoms with van der Waals surface area (Å²) in [6, 6.07) is 9.34. The van der Waals surface area contributed by atoms with Crippen molar-refractivity contribution in [2.75, 3.05) is 7.11 Å². The van der Waals surface area contributed by atoms with Gasteiger partial charge in [0.05, 0.1) is 24.7 Å². The highest BCUT2D eigenvalue weighted by atomic mass is 16.5. The number of esters is 1. The molecule has 3 aromatic rings. The number of rotatable bonds is 4. The lowest BCUT2D eigenvalue weighted by atomic mass is 9.86. The molecule has 1 amide bonds. The van der Waals surface area contributed by atoms with Gasteiger partial charge in [-0.2, -0.15) is 0 Å². The van der Waals surface area contributed by atoms with E-state index in [1.165, 1.54) is 7.11 Å². The fourth-order valence-corrected chi connectivity index (χ4v) is 3.68. The van der Waals surface area contributed by atoms with Crippen LogP contribution in [0.4, 0.5) is 0 Å². The number of ether oxygens (including phenoxy) is 1. The molecule has 144 valence electrons. The molecule has 7 heteroatoms. The minimum atomic E-state index is -0.151. The Morgan fingerprint density at radius 2 is 1.86 bits per heavy atom. The second-order valence-electron chi connectivity index (χ2n) is 7.10. The number of carbonyl (C=O) groups excluding carboxylic acids is 2. The summed E-state index contributed by atoms with van der Waals surface area (Å²) in [7, 11) is 1.42. The van der Waals surface area contributed by atoms with Crippen molar-refractivity contribution in [1.29, 1.82) is 0 Å². The molecule has 0 atom stereocenters. The van der Waals surface area contributed by atoms with Gasteiger partial charge in [-0.15, -0.1) is 0 Å². The molecular weight excluding hydrogens is 356 g/mol. The Hall–Kier alpha value is -3.22. The Balaban J connectivity index is 1.38. The number of carbonyl (C=O) groups is 2. The van der Waals surface area contributed by atoms with E-state index in [1.54, 1.807) is 24.5 Å². The zero-order chi connectivity index (χ0) is 19.5. The van der Waals surface area contributed by atoms with Crippen LogP contribution in [0.3, 0.4) is 0 Å². The minimum Gasteiger partial charge on any atom is -0.469 e. The highest BCUT2D eigenvalue weighted by Gasteiger charge is 2.27. The van der Waals surface area contributed by atoms with Gasteiger partial charge in [0.1, 0.15) is 11.3 Å². The summed E-state index contributed by atoms with van der Waals surface area (Å²) in [6.45, 7) is 0. The molecule has 0 bridgehead atoms. The van der Waals surface area contributed by atoms with E-state index in [-0.39, 0.29) is 23.8 Å². The topological polar surface area (TPSA) is 97.0 Å². The van der Waals surface area contributed by atoms with Gasteiger partial charge in [-0.3, -0.25) is 14.6 Å². The van der Waals surface area contributed by atoms with Crippen LogP contribution in [0.2, 0.25) is 0 Å². The summed E-state index contributed by atoms with van der Waals surface area (Å²) in [5.74, 6) is 0.455. The van der Waals surface area contributed by atoms with Crippen LogP contribution >= 0.6 is 0 Å². The first-order valence-corrected chi connectivity index (χ1v) is 9.43. The SMILES string of the molecule is COC(=O)[C@H]1CC[C@H](NC(=O)c2ccc(-c3nc4cnccc4[nH]3)cc2)CC1. The number of nitrogens with one attached hydrogen (secondary N) is 2. The number of hydrogen-bond donors (Lipinski definition) is 2. The molecule has 2 aromatic heterocycles. The van der Waals surface area contributed by atoms with Gasteiger partial charge < -0.3 is 15.0 Å². The third kappa shape index (κ3) is 3.74. The highest BCUT2D eigenvalue weighted by Crippen LogP contribution is 2.26. The van der Waals surface area contributed by atoms with Gasteiger partial charge in [0.2, 0.25) is 0 Å². The minimum absolute atomic E-state index is 0.0450. The zero-order valence-electron chi connectivity index (χ0n) is 15.6. The molecule has 28 heavy (non-hydrogen) atoms. The number of methoxy groups -OCH3 is 1. The maximum absolute atomic E-state index is 12.5. The van der Waals surface area contributed by atoms with E-state index in [4.69, 9.17) is 4.74 Å². The van der Waals surface area contributed by atoms with Crippen molar-refractivity contribution in [3.05, 3.63) is 48.3 Å². The lowest BCUT2D eigenvalue weighted by Crippen LogP contribution is -2.38. The van der Waals surface area contributed by atoms with Gasteiger partial charge >= 0.3 is 5.97 Å². The van der Waals surface area contributed by atoms with Crippen molar-refractivity contribution >= 4 is 22.9 Å². The number of nitrogens with zero attached hydrogens (tertiary/aromatic N) is 2. The third-order valence-corrected chi connectivity index (χ3v) is 5.30. The van der Waals surface area contributed by atoms with Crippen LogP contribution < -0.4 is 5.32 Å². The summed E-state index contributed by atoms with van der Waals surface area (Å²) in [4.78, 5) is 36.0. The Bertz CT molecular complexity index is 955. The van der Waals surface area contributed by atoms with Gasteiger partial charge in [-0.25, -0.2) is 4.98 Å². The molecule has 0 spiro atoms. The Morgan fingerprint density at radius 1 is 1.11 bits per heavy atom. The largest absolute Gasteiger partial charge is 0.469 e. The highest BCUT2D eigenvalue weighted by molar-refractivity contribution is 5.95. The predicted molar refractivity (Wildman–Crippen MR) is 105 cm³/mol. The van der Waals surface area contributed by atoms with E-state index in [9.17, 15) is 9.59 Å². The Labute approximate surface area is 162 Å². The van der Waals surface area contributed by atoms with Gasteiger partial charge in [-0.1, -0.05) is 12.1 Å². The van der Waals surface area contributed by atoms with Gasteiger partial charge in [0.25, 0.3) is 5.91 Å². The van der Waals surface area contributed by atoms with Crippen molar-refractivity contribution in [2.24, 2.45) is 5.92 Å². The number of aromatic amines is 1. The number of hydrogen-bond acceptors (Lipinski definition) is 5. The molecule has 1 aromatic carbocycles. The Kier molecular flexibility index (Phi) is 5.06. The van der Waals surface area contributed by atoms with Crippen LogP contribution in [0.5, 0.6) is 0 Å². The maximum atomic E-state index is 12.5. The van der Waals surface area contributed by atoms with Crippen LogP contribution in [0.15, 0.2) is 42.7 Å². The average molecular weight is 378 g/mol. The molecule has 0 aliphatic heterocycles. The zero-order valence-corrected chi connectivity index (χ0v) is 15.6. The average Bonchev–Trinajstić information content (AvgIpc) is 3.18.